The van der Waals surface area contributed by atoms with E-state index in [0.29, 0.717) is 29.1 Å². The third-order valence-electron chi connectivity index (χ3n) is 5.80. The standard InChI is InChI=1S/C29H33N5O3/c1-6-37-23-17-13-21(14-18-23)27(28(36)30-29(3,4)5)34(22-15-11-20(2)12-16-22)26(35)19-33-25-10-8-7-9-24(25)31-32-33/h7-18,27H,6,19H2,1-5H3,(H,30,36). The van der Waals surface area contributed by atoms with Crippen molar-refractivity contribution in [3.8, 4) is 5.75 Å². The molecular weight excluding hydrogens is 466 g/mol. The number of nitrogens with one attached hydrogen (secondary N) is 1. The van der Waals surface area contributed by atoms with Gasteiger partial charge in [-0.25, -0.2) is 4.68 Å². The molecule has 3 aromatic carbocycles. The minimum Gasteiger partial charge on any atom is -0.494 e. The summed E-state index contributed by atoms with van der Waals surface area (Å²) < 4.78 is 7.16. The predicted molar refractivity (Wildman–Crippen MR) is 144 cm³/mol. The fourth-order valence-electron chi connectivity index (χ4n) is 4.15. The van der Waals surface area contributed by atoms with E-state index in [2.05, 4.69) is 15.6 Å². The number of hydrogen-bond donors (Lipinski definition) is 1. The molecule has 1 atom stereocenters. The number of ether oxygens (including phenoxy) is 1. The van der Waals surface area contributed by atoms with Crippen molar-refractivity contribution in [3.63, 3.8) is 0 Å². The van der Waals surface area contributed by atoms with E-state index in [4.69, 9.17) is 4.74 Å². The van der Waals surface area contributed by atoms with E-state index in [1.807, 2.05) is 107 Å². The molecule has 37 heavy (non-hydrogen) atoms. The number of anilines is 1. The van der Waals surface area contributed by atoms with E-state index < -0.39 is 11.6 Å². The van der Waals surface area contributed by atoms with Gasteiger partial charge in [0.25, 0.3) is 0 Å². The topological polar surface area (TPSA) is 89.4 Å². The Bertz CT molecular complexity index is 1370. The second-order valence-corrected chi connectivity index (χ2v) is 9.98. The smallest absolute Gasteiger partial charge is 0.249 e. The second kappa shape index (κ2) is 10.8. The number of fused-ring (bicyclic) bond motifs is 1. The third kappa shape index (κ3) is 6.14. The average Bonchev–Trinajstić information content (AvgIpc) is 3.25. The Balaban J connectivity index is 1.80. The molecule has 0 aliphatic heterocycles. The maximum atomic E-state index is 14.0. The maximum Gasteiger partial charge on any atom is 0.249 e. The van der Waals surface area contributed by atoms with Gasteiger partial charge in [-0.1, -0.05) is 47.2 Å². The van der Waals surface area contributed by atoms with Crippen LogP contribution in [0.25, 0.3) is 11.0 Å². The highest BCUT2D eigenvalue weighted by Crippen LogP contribution is 2.31. The van der Waals surface area contributed by atoms with Gasteiger partial charge >= 0.3 is 0 Å². The van der Waals surface area contributed by atoms with Crippen LogP contribution in [0.3, 0.4) is 0 Å². The molecule has 8 nitrogen and oxygen atoms in total. The van der Waals surface area contributed by atoms with E-state index in [1.165, 1.54) is 0 Å². The summed E-state index contributed by atoms with van der Waals surface area (Å²) >= 11 is 0. The van der Waals surface area contributed by atoms with Gasteiger partial charge in [0.1, 0.15) is 23.9 Å². The van der Waals surface area contributed by atoms with Crippen LogP contribution in [-0.4, -0.2) is 39.0 Å². The van der Waals surface area contributed by atoms with Crippen molar-refractivity contribution in [1.29, 1.82) is 0 Å². The van der Waals surface area contributed by atoms with Crippen molar-refractivity contribution < 1.29 is 14.3 Å². The summed E-state index contributed by atoms with van der Waals surface area (Å²) in [6.07, 6.45) is 0. The maximum absolute atomic E-state index is 14.0. The number of nitrogens with zero attached hydrogens (tertiary/aromatic N) is 4. The lowest BCUT2D eigenvalue weighted by atomic mass is 10.0. The summed E-state index contributed by atoms with van der Waals surface area (Å²) in [6.45, 7) is 10.1. The molecule has 2 amide bonds. The lowest BCUT2D eigenvalue weighted by molar-refractivity contribution is -0.128. The van der Waals surface area contributed by atoms with Gasteiger partial charge in [0.05, 0.1) is 12.1 Å². The zero-order valence-electron chi connectivity index (χ0n) is 21.9. The van der Waals surface area contributed by atoms with Crippen molar-refractivity contribution in [1.82, 2.24) is 20.3 Å². The molecule has 1 heterocycles. The zero-order chi connectivity index (χ0) is 26.6. The van der Waals surface area contributed by atoms with Crippen molar-refractivity contribution >= 4 is 28.5 Å². The molecule has 0 saturated heterocycles. The quantitative estimate of drug-likeness (QED) is 0.375. The Hall–Kier alpha value is -4.20. The summed E-state index contributed by atoms with van der Waals surface area (Å²) in [6, 6.07) is 21.4. The highest BCUT2D eigenvalue weighted by molar-refractivity contribution is 6.01. The van der Waals surface area contributed by atoms with Crippen molar-refractivity contribution in [2.45, 2.75) is 52.7 Å². The van der Waals surface area contributed by atoms with E-state index in [1.54, 1.807) is 9.58 Å². The Labute approximate surface area is 217 Å². The van der Waals surface area contributed by atoms with Crippen LogP contribution in [0.4, 0.5) is 5.69 Å². The largest absolute Gasteiger partial charge is 0.494 e. The molecule has 0 bridgehead atoms. The van der Waals surface area contributed by atoms with Crippen LogP contribution in [0.15, 0.2) is 72.8 Å². The first-order valence-electron chi connectivity index (χ1n) is 12.4. The highest BCUT2D eigenvalue weighted by Gasteiger charge is 2.34. The molecule has 4 aromatic rings. The summed E-state index contributed by atoms with van der Waals surface area (Å²) in [5, 5.41) is 11.4. The Morgan fingerprint density at radius 1 is 1.00 bits per heavy atom. The van der Waals surface area contributed by atoms with Crippen LogP contribution >= 0.6 is 0 Å². The lowest BCUT2D eigenvalue weighted by Crippen LogP contribution is -2.50. The number of rotatable bonds is 8. The van der Waals surface area contributed by atoms with E-state index in [-0.39, 0.29) is 18.4 Å². The summed E-state index contributed by atoms with van der Waals surface area (Å²) in [4.78, 5) is 29.4. The molecule has 0 fully saturated rings. The van der Waals surface area contributed by atoms with Gasteiger partial charge in [-0.05, 0) is 76.6 Å². The predicted octanol–water partition coefficient (Wildman–Crippen LogP) is 4.83. The van der Waals surface area contributed by atoms with Crippen LogP contribution in [0.1, 0.15) is 44.9 Å². The van der Waals surface area contributed by atoms with Gasteiger partial charge in [0.15, 0.2) is 0 Å². The lowest BCUT2D eigenvalue weighted by Gasteiger charge is -2.34. The molecule has 4 rings (SSSR count). The SMILES string of the molecule is CCOc1ccc(C(C(=O)NC(C)(C)C)N(C(=O)Cn2nnc3ccccc32)c2ccc(C)cc2)cc1. The van der Waals surface area contributed by atoms with Gasteiger partial charge in [0, 0.05) is 11.2 Å². The minimum absolute atomic E-state index is 0.0787. The average molecular weight is 500 g/mol. The van der Waals surface area contributed by atoms with Gasteiger partial charge in [0.2, 0.25) is 11.8 Å². The van der Waals surface area contributed by atoms with Crippen LogP contribution in [0, 0.1) is 6.92 Å². The number of carbonyl (C=O) groups is 2. The molecule has 0 spiro atoms. The van der Waals surface area contributed by atoms with Gasteiger partial charge in [-0.3, -0.25) is 14.5 Å². The summed E-state index contributed by atoms with van der Waals surface area (Å²) in [7, 11) is 0. The van der Waals surface area contributed by atoms with Gasteiger partial charge < -0.3 is 10.1 Å². The van der Waals surface area contributed by atoms with Crippen molar-refractivity contribution in [3.05, 3.63) is 83.9 Å². The number of benzene rings is 3. The van der Waals surface area contributed by atoms with E-state index >= 15 is 0 Å². The number of hydrogen-bond acceptors (Lipinski definition) is 5. The molecule has 0 saturated carbocycles. The zero-order valence-corrected chi connectivity index (χ0v) is 21.9. The first-order valence-corrected chi connectivity index (χ1v) is 12.4. The first-order chi connectivity index (χ1) is 17.7. The fourth-order valence-corrected chi connectivity index (χ4v) is 4.15. The number of para-hydroxylation sites is 1. The van der Waals surface area contributed by atoms with Gasteiger partial charge in [-0.15, -0.1) is 5.10 Å². The van der Waals surface area contributed by atoms with Crippen LogP contribution in [0.2, 0.25) is 0 Å². The molecule has 1 N–H and O–H groups in total. The monoisotopic (exact) mass is 499 g/mol. The molecular formula is C29H33N5O3. The molecule has 8 heteroatoms. The van der Waals surface area contributed by atoms with Crippen LogP contribution in [0.5, 0.6) is 5.75 Å². The first kappa shape index (κ1) is 25.9. The minimum atomic E-state index is -0.917. The number of aryl methyl sites for hydroxylation is 1. The number of aromatic nitrogens is 3. The normalized spacial score (nSPS) is 12.2. The molecule has 192 valence electrons. The third-order valence-corrected chi connectivity index (χ3v) is 5.80. The molecule has 0 aliphatic rings. The van der Waals surface area contributed by atoms with Crippen LogP contribution < -0.4 is 15.0 Å². The molecule has 0 aliphatic carbocycles. The highest BCUT2D eigenvalue weighted by atomic mass is 16.5. The molecule has 1 aromatic heterocycles. The Kier molecular flexibility index (Phi) is 7.57. The Morgan fingerprint density at radius 2 is 1.68 bits per heavy atom. The van der Waals surface area contributed by atoms with E-state index in [0.717, 1.165) is 11.1 Å². The summed E-state index contributed by atoms with van der Waals surface area (Å²) in [5.41, 5.74) is 3.29. The number of amides is 2. The summed E-state index contributed by atoms with van der Waals surface area (Å²) in [5.74, 6) is 0.125. The van der Waals surface area contributed by atoms with E-state index in [9.17, 15) is 9.59 Å². The molecule has 1 unspecified atom stereocenters. The van der Waals surface area contributed by atoms with Crippen molar-refractivity contribution in [2.75, 3.05) is 11.5 Å². The Morgan fingerprint density at radius 3 is 2.32 bits per heavy atom. The van der Waals surface area contributed by atoms with Crippen molar-refractivity contribution in [2.24, 2.45) is 0 Å². The molecule has 0 radical (unpaired) electrons. The van der Waals surface area contributed by atoms with Crippen LogP contribution in [-0.2, 0) is 16.1 Å². The second-order valence-electron chi connectivity index (χ2n) is 9.98. The number of carbonyl (C=O) groups excluding carboxylic acids is 2. The van der Waals surface area contributed by atoms with Gasteiger partial charge in [-0.2, -0.15) is 0 Å². The fraction of sp³-hybridized carbons (Fsp3) is 0.310.